The SMILES string of the molecule is Cc1ccc2ccc(NC3CCC3)nc2c1. The summed E-state index contributed by atoms with van der Waals surface area (Å²) in [5.74, 6) is 1.02. The fraction of sp³-hybridized carbons (Fsp3) is 0.357. The molecule has 1 aromatic carbocycles. The third-order valence-electron chi connectivity index (χ3n) is 3.30. The molecule has 0 aliphatic heterocycles. The Morgan fingerprint density at radius 3 is 2.75 bits per heavy atom. The van der Waals surface area contributed by atoms with Gasteiger partial charge in [0.05, 0.1) is 5.52 Å². The molecule has 3 rings (SSSR count). The average Bonchev–Trinajstić information content (AvgIpc) is 2.23. The van der Waals surface area contributed by atoms with Crippen molar-refractivity contribution in [2.45, 2.75) is 32.2 Å². The Labute approximate surface area is 95.7 Å². The number of rotatable bonds is 2. The van der Waals surface area contributed by atoms with Crippen LogP contribution in [0.1, 0.15) is 24.8 Å². The molecule has 1 fully saturated rings. The van der Waals surface area contributed by atoms with Gasteiger partial charge < -0.3 is 5.32 Å². The minimum atomic E-state index is 0.648. The standard InChI is InChI=1S/C14H16N2/c1-10-5-6-11-7-8-14(16-13(11)9-10)15-12-3-2-4-12/h5-9,12H,2-4H2,1H3,(H,15,16). The Bertz CT molecular complexity index is 515. The van der Waals surface area contributed by atoms with Gasteiger partial charge in [-0.05, 0) is 49.9 Å². The molecular weight excluding hydrogens is 196 g/mol. The monoisotopic (exact) mass is 212 g/mol. The van der Waals surface area contributed by atoms with E-state index in [0.717, 1.165) is 11.3 Å². The topological polar surface area (TPSA) is 24.9 Å². The highest BCUT2D eigenvalue weighted by Gasteiger charge is 2.17. The summed E-state index contributed by atoms with van der Waals surface area (Å²) in [6, 6.07) is 11.3. The van der Waals surface area contributed by atoms with Gasteiger partial charge in [0.2, 0.25) is 0 Å². The number of benzene rings is 1. The minimum absolute atomic E-state index is 0.648. The fourth-order valence-electron chi connectivity index (χ4n) is 2.07. The number of pyridine rings is 1. The molecule has 0 unspecified atom stereocenters. The molecule has 0 bridgehead atoms. The highest BCUT2D eigenvalue weighted by Crippen LogP contribution is 2.23. The summed E-state index contributed by atoms with van der Waals surface area (Å²) in [5, 5.41) is 4.69. The molecule has 1 saturated carbocycles. The third kappa shape index (κ3) is 1.75. The predicted molar refractivity (Wildman–Crippen MR) is 67.7 cm³/mol. The first kappa shape index (κ1) is 9.64. The van der Waals surface area contributed by atoms with E-state index in [1.165, 1.54) is 30.2 Å². The highest BCUT2D eigenvalue weighted by atomic mass is 15.0. The zero-order valence-electron chi connectivity index (χ0n) is 9.53. The minimum Gasteiger partial charge on any atom is -0.367 e. The van der Waals surface area contributed by atoms with Crippen molar-refractivity contribution in [3.63, 3.8) is 0 Å². The van der Waals surface area contributed by atoms with Gasteiger partial charge in [0, 0.05) is 11.4 Å². The number of nitrogens with zero attached hydrogens (tertiary/aromatic N) is 1. The summed E-state index contributed by atoms with van der Waals surface area (Å²) < 4.78 is 0. The first-order valence-corrected chi connectivity index (χ1v) is 5.95. The zero-order valence-corrected chi connectivity index (χ0v) is 9.53. The lowest BCUT2D eigenvalue weighted by molar-refractivity contribution is 0.444. The van der Waals surface area contributed by atoms with Gasteiger partial charge >= 0.3 is 0 Å². The van der Waals surface area contributed by atoms with Crippen LogP contribution in [0.3, 0.4) is 0 Å². The van der Waals surface area contributed by atoms with Crippen molar-refractivity contribution in [3.05, 3.63) is 35.9 Å². The summed E-state index contributed by atoms with van der Waals surface area (Å²) in [6.45, 7) is 2.10. The number of aryl methyl sites for hydroxylation is 1. The van der Waals surface area contributed by atoms with Gasteiger partial charge in [0.25, 0.3) is 0 Å². The fourth-order valence-corrected chi connectivity index (χ4v) is 2.07. The Balaban J connectivity index is 1.94. The second-order valence-corrected chi connectivity index (χ2v) is 4.66. The van der Waals surface area contributed by atoms with Crippen LogP contribution in [0.4, 0.5) is 5.82 Å². The molecule has 82 valence electrons. The van der Waals surface area contributed by atoms with E-state index in [2.05, 4.69) is 47.6 Å². The van der Waals surface area contributed by atoms with E-state index in [1.807, 2.05) is 0 Å². The first-order valence-electron chi connectivity index (χ1n) is 5.95. The molecular formula is C14H16N2. The van der Waals surface area contributed by atoms with Crippen molar-refractivity contribution in [2.75, 3.05) is 5.32 Å². The molecule has 2 nitrogen and oxygen atoms in total. The smallest absolute Gasteiger partial charge is 0.126 e. The average molecular weight is 212 g/mol. The Hall–Kier alpha value is -1.57. The molecule has 1 aromatic heterocycles. The van der Waals surface area contributed by atoms with Crippen molar-refractivity contribution >= 4 is 16.7 Å². The maximum absolute atomic E-state index is 4.65. The van der Waals surface area contributed by atoms with Crippen LogP contribution in [0.25, 0.3) is 10.9 Å². The molecule has 2 aromatic rings. The normalized spacial score (nSPS) is 16.1. The Morgan fingerprint density at radius 2 is 2.00 bits per heavy atom. The van der Waals surface area contributed by atoms with Crippen molar-refractivity contribution in [2.24, 2.45) is 0 Å². The molecule has 0 atom stereocenters. The van der Waals surface area contributed by atoms with Crippen LogP contribution in [0, 0.1) is 6.92 Å². The molecule has 1 N–H and O–H groups in total. The molecule has 0 amide bonds. The van der Waals surface area contributed by atoms with Crippen molar-refractivity contribution < 1.29 is 0 Å². The summed E-state index contributed by atoms with van der Waals surface area (Å²) in [4.78, 5) is 4.65. The van der Waals surface area contributed by atoms with E-state index < -0.39 is 0 Å². The van der Waals surface area contributed by atoms with E-state index in [9.17, 15) is 0 Å². The van der Waals surface area contributed by atoms with Crippen LogP contribution in [-0.2, 0) is 0 Å². The van der Waals surface area contributed by atoms with Crippen LogP contribution in [0.5, 0.6) is 0 Å². The van der Waals surface area contributed by atoms with Gasteiger partial charge in [-0.3, -0.25) is 0 Å². The number of fused-ring (bicyclic) bond motifs is 1. The van der Waals surface area contributed by atoms with Gasteiger partial charge in [-0.1, -0.05) is 12.1 Å². The second kappa shape index (κ2) is 3.78. The molecule has 0 radical (unpaired) electrons. The lowest BCUT2D eigenvalue weighted by Gasteiger charge is -2.26. The van der Waals surface area contributed by atoms with Crippen LogP contribution >= 0.6 is 0 Å². The van der Waals surface area contributed by atoms with Gasteiger partial charge in [0.1, 0.15) is 5.82 Å². The van der Waals surface area contributed by atoms with Gasteiger partial charge in [-0.15, -0.1) is 0 Å². The first-order chi connectivity index (χ1) is 7.81. The van der Waals surface area contributed by atoms with E-state index in [4.69, 9.17) is 0 Å². The number of hydrogen-bond acceptors (Lipinski definition) is 2. The third-order valence-corrected chi connectivity index (χ3v) is 3.30. The molecule has 1 aliphatic carbocycles. The van der Waals surface area contributed by atoms with E-state index >= 15 is 0 Å². The molecule has 1 heterocycles. The quantitative estimate of drug-likeness (QED) is 0.824. The molecule has 0 spiro atoms. The predicted octanol–water partition coefficient (Wildman–Crippen LogP) is 3.51. The van der Waals surface area contributed by atoms with Crippen molar-refractivity contribution in [3.8, 4) is 0 Å². The van der Waals surface area contributed by atoms with Gasteiger partial charge in [-0.25, -0.2) is 4.98 Å². The van der Waals surface area contributed by atoms with Crippen LogP contribution in [0.15, 0.2) is 30.3 Å². The van der Waals surface area contributed by atoms with E-state index in [-0.39, 0.29) is 0 Å². The Kier molecular flexibility index (Phi) is 2.28. The maximum atomic E-state index is 4.65. The molecule has 2 heteroatoms. The highest BCUT2D eigenvalue weighted by molar-refractivity contribution is 5.80. The second-order valence-electron chi connectivity index (χ2n) is 4.66. The lowest BCUT2D eigenvalue weighted by Crippen LogP contribution is -2.27. The number of anilines is 1. The number of hydrogen-bond donors (Lipinski definition) is 1. The summed E-state index contributed by atoms with van der Waals surface area (Å²) >= 11 is 0. The lowest BCUT2D eigenvalue weighted by atomic mass is 9.93. The summed E-state index contributed by atoms with van der Waals surface area (Å²) in [7, 11) is 0. The molecule has 1 aliphatic rings. The summed E-state index contributed by atoms with van der Waals surface area (Å²) in [6.07, 6.45) is 3.92. The molecule has 16 heavy (non-hydrogen) atoms. The van der Waals surface area contributed by atoms with Crippen molar-refractivity contribution in [1.82, 2.24) is 4.98 Å². The van der Waals surface area contributed by atoms with E-state index in [1.54, 1.807) is 0 Å². The number of aromatic nitrogens is 1. The van der Waals surface area contributed by atoms with Crippen LogP contribution < -0.4 is 5.32 Å². The van der Waals surface area contributed by atoms with Crippen LogP contribution in [0.2, 0.25) is 0 Å². The van der Waals surface area contributed by atoms with Crippen molar-refractivity contribution in [1.29, 1.82) is 0 Å². The molecule has 0 saturated heterocycles. The largest absolute Gasteiger partial charge is 0.367 e. The summed E-state index contributed by atoms with van der Waals surface area (Å²) in [5.41, 5.74) is 2.35. The number of nitrogens with one attached hydrogen (secondary N) is 1. The zero-order chi connectivity index (χ0) is 11.0. The van der Waals surface area contributed by atoms with Gasteiger partial charge in [0.15, 0.2) is 0 Å². The Morgan fingerprint density at radius 1 is 1.19 bits per heavy atom. The maximum Gasteiger partial charge on any atom is 0.126 e. The van der Waals surface area contributed by atoms with Gasteiger partial charge in [-0.2, -0.15) is 0 Å². The van der Waals surface area contributed by atoms with E-state index in [0.29, 0.717) is 6.04 Å². The van der Waals surface area contributed by atoms with Crippen LogP contribution in [-0.4, -0.2) is 11.0 Å².